The van der Waals surface area contributed by atoms with Crippen LogP contribution < -0.4 is 0 Å². The summed E-state index contributed by atoms with van der Waals surface area (Å²) >= 11 is 0. The number of aromatic nitrogens is 1. The molecule has 0 atom stereocenters. The lowest BCUT2D eigenvalue weighted by Gasteiger charge is -2.17. The number of hydrogen-bond donors (Lipinski definition) is 0. The Morgan fingerprint density at radius 2 is 2.46 bits per heavy atom. The number of ether oxygens (including phenoxy) is 1. The maximum Gasteiger partial charge on any atom is 0.0734 e. The van der Waals surface area contributed by atoms with Crippen LogP contribution in [0.1, 0.15) is 16.7 Å². The van der Waals surface area contributed by atoms with Crippen molar-refractivity contribution in [2.45, 2.75) is 19.4 Å². The van der Waals surface area contributed by atoms with Crippen molar-refractivity contribution < 1.29 is 4.74 Å². The molecule has 0 amide bonds. The van der Waals surface area contributed by atoms with Crippen LogP contribution >= 0.6 is 0 Å². The van der Waals surface area contributed by atoms with Crippen LogP contribution in [-0.2, 0) is 24.2 Å². The predicted octanol–water partition coefficient (Wildman–Crippen LogP) is 1.22. The summed E-state index contributed by atoms with van der Waals surface area (Å²) in [6, 6.07) is 2.15. The maximum absolute atomic E-state index is 8.61. The molecule has 0 N–H and O–H groups in total. The van der Waals surface area contributed by atoms with Gasteiger partial charge in [-0.3, -0.25) is 4.98 Å². The van der Waals surface area contributed by atoms with Crippen molar-refractivity contribution in [1.29, 1.82) is 5.26 Å². The van der Waals surface area contributed by atoms with Crippen LogP contribution in [0, 0.1) is 11.3 Å². The molecule has 1 aliphatic heterocycles. The SMILES string of the molecule is N#CCc1cncc2c1CCOC2. The van der Waals surface area contributed by atoms with E-state index in [-0.39, 0.29) is 0 Å². The van der Waals surface area contributed by atoms with E-state index in [0.717, 1.165) is 24.2 Å². The summed E-state index contributed by atoms with van der Waals surface area (Å²) in [5.41, 5.74) is 3.46. The lowest BCUT2D eigenvalue weighted by Crippen LogP contribution is -2.12. The van der Waals surface area contributed by atoms with E-state index < -0.39 is 0 Å². The summed E-state index contributed by atoms with van der Waals surface area (Å²) in [7, 11) is 0. The number of nitrogens with zero attached hydrogens (tertiary/aromatic N) is 2. The average Bonchev–Trinajstić information content (AvgIpc) is 2.19. The van der Waals surface area contributed by atoms with Gasteiger partial charge in [0.15, 0.2) is 0 Å². The molecule has 2 rings (SSSR count). The van der Waals surface area contributed by atoms with Crippen LogP contribution in [0.25, 0.3) is 0 Å². The smallest absolute Gasteiger partial charge is 0.0734 e. The largest absolute Gasteiger partial charge is 0.376 e. The third kappa shape index (κ3) is 1.53. The highest BCUT2D eigenvalue weighted by Crippen LogP contribution is 2.19. The molecule has 1 aromatic rings. The van der Waals surface area contributed by atoms with Crippen molar-refractivity contribution in [3.63, 3.8) is 0 Å². The first kappa shape index (κ1) is 8.21. The molecule has 0 aliphatic carbocycles. The Hall–Kier alpha value is -1.40. The molecule has 0 spiro atoms. The first-order chi connectivity index (χ1) is 6.42. The van der Waals surface area contributed by atoms with E-state index in [1.165, 1.54) is 5.56 Å². The van der Waals surface area contributed by atoms with Crippen LogP contribution in [0.2, 0.25) is 0 Å². The molecule has 0 fully saturated rings. The molecule has 3 nitrogen and oxygen atoms in total. The Kier molecular flexibility index (Phi) is 2.24. The van der Waals surface area contributed by atoms with E-state index in [4.69, 9.17) is 10.00 Å². The van der Waals surface area contributed by atoms with Crippen molar-refractivity contribution in [1.82, 2.24) is 4.98 Å². The number of rotatable bonds is 1. The summed E-state index contributed by atoms with van der Waals surface area (Å²) in [5, 5.41) is 8.61. The first-order valence-corrected chi connectivity index (χ1v) is 4.31. The zero-order valence-electron chi connectivity index (χ0n) is 7.29. The number of pyridine rings is 1. The topological polar surface area (TPSA) is 45.9 Å². The Balaban J connectivity index is 2.41. The highest BCUT2D eigenvalue weighted by Gasteiger charge is 2.12. The third-order valence-electron chi connectivity index (χ3n) is 2.26. The van der Waals surface area contributed by atoms with E-state index in [0.29, 0.717) is 13.0 Å². The van der Waals surface area contributed by atoms with Gasteiger partial charge in [0.05, 0.1) is 25.7 Å². The van der Waals surface area contributed by atoms with Gasteiger partial charge in [-0.15, -0.1) is 0 Å². The molecule has 0 saturated heterocycles. The summed E-state index contributed by atoms with van der Waals surface area (Å²) in [6.45, 7) is 1.40. The second-order valence-electron chi connectivity index (χ2n) is 3.07. The Morgan fingerprint density at radius 1 is 1.54 bits per heavy atom. The zero-order valence-corrected chi connectivity index (χ0v) is 7.29. The van der Waals surface area contributed by atoms with Crippen molar-refractivity contribution in [3.8, 4) is 6.07 Å². The van der Waals surface area contributed by atoms with Crippen LogP contribution in [0.5, 0.6) is 0 Å². The van der Waals surface area contributed by atoms with Crippen molar-refractivity contribution >= 4 is 0 Å². The maximum atomic E-state index is 8.61. The van der Waals surface area contributed by atoms with Gasteiger partial charge in [0.1, 0.15) is 0 Å². The van der Waals surface area contributed by atoms with Gasteiger partial charge in [-0.25, -0.2) is 0 Å². The van der Waals surface area contributed by atoms with Gasteiger partial charge in [-0.1, -0.05) is 0 Å². The van der Waals surface area contributed by atoms with Gasteiger partial charge < -0.3 is 4.74 Å². The van der Waals surface area contributed by atoms with E-state index in [9.17, 15) is 0 Å². The zero-order chi connectivity index (χ0) is 9.10. The molecule has 0 radical (unpaired) electrons. The van der Waals surface area contributed by atoms with Crippen LogP contribution in [0.4, 0.5) is 0 Å². The molecule has 1 aromatic heterocycles. The van der Waals surface area contributed by atoms with Gasteiger partial charge >= 0.3 is 0 Å². The molecule has 3 heteroatoms. The third-order valence-corrected chi connectivity index (χ3v) is 2.26. The lowest BCUT2D eigenvalue weighted by molar-refractivity contribution is 0.110. The summed E-state index contributed by atoms with van der Waals surface area (Å²) in [6.07, 6.45) is 4.98. The van der Waals surface area contributed by atoms with E-state index >= 15 is 0 Å². The summed E-state index contributed by atoms with van der Waals surface area (Å²) < 4.78 is 5.31. The van der Waals surface area contributed by atoms with Gasteiger partial charge in [-0.05, 0) is 23.1 Å². The normalized spacial score (nSPS) is 14.7. The van der Waals surface area contributed by atoms with E-state index in [2.05, 4.69) is 11.1 Å². The Morgan fingerprint density at radius 3 is 3.31 bits per heavy atom. The molecule has 1 aliphatic rings. The quantitative estimate of drug-likeness (QED) is 0.643. The van der Waals surface area contributed by atoms with Gasteiger partial charge in [-0.2, -0.15) is 5.26 Å². The number of hydrogen-bond acceptors (Lipinski definition) is 3. The first-order valence-electron chi connectivity index (χ1n) is 4.31. The van der Waals surface area contributed by atoms with Crippen LogP contribution in [0.15, 0.2) is 12.4 Å². The van der Waals surface area contributed by atoms with Crippen LogP contribution in [-0.4, -0.2) is 11.6 Å². The van der Waals surface area contributed by atoms with Crippen molar-refractivity contribution in [2.75, 3.05) is 6.61 Å². The number of fused-ring (bicyclic) bond motifs is 1. The van der Waals surface area contributed by atoms with Crippen molar-refractivity contribution in [2.24, 2.45) is 0 Å². The summed E-state index contributed by atoms with van der Waals surface area (Å²) in [4.78, 5) is 4.09. The van der Waals surface area contributed by atoms with E-state index in [1.807, 2.05) is 6.20 Å². The highest BCUT2D eigenvalue weighted by atomic mass is 16.5. The molecule has 0 saturated carbocycles. The molecular formula is C10H10N2O. The predicted molar refractivity (Wildman–Crippen MR) is 46.9 cm³/mol. The molecular weight excluding hydrogens is 164 g/mol. The molecule has 0 bridgehead atoms. The highest BCUT2D eigenvalue weighted by molar-refractivity contribution is 5.34. The molecule has 66 valence electrons. The van der Waals surface area contributed by atoms with Crippen molar-refractivity contribution in [3.05, 3.63) is 29.1 Å². The van der Waals surface area contributed by atoms with Gasteiger partial charge in [0.25, 0.3) is 0 Å². The minimum absolute atomic E-state index is 0.455. The Labute approximate surface area is 77.0 Å². The Bertz CT molecular complexity index is 354. The fourth-order valence-corrected chi connectivity index (χ4v) is 1.62. The van der Waals surface area contributed by atoms with Gasteiger partial charge in [0.2, 0.25) is 0 Å². The fraction of sp³-hybridized carbons (Fsp3) is 0.400. The van der Waals surface area contributed by atoms with E-state index in [1.54, 1.807) is 6.20 Å². The number of nitriles is 1. The monoisotopic (exact) mass is 174 g/mol. The molecule has 0 aromatic carbocycles. The lowest BCUT2D eigenvalue weighted by atomic mass is 9.99. The molecule has 0 unspecified atom stereocenters. The van der Waals surface area contributed by atoms with Crippen LogP contribution in [0.3, 0.4) is 0 Å². The second kappa shape index (κ2) is 3.55. The van der Waals surface area contributed by atoms with Gasteiger partial charge in [0, 0.05) is 12.4 Å². The summed E-state index contributed by atoms with van der Waals surface area (Å²) in [5.74, 6) is 0. The second-order valence-corrected chi connectivity index (χ2v) is 3.07. The fourth-order valence-electron chi connectivity index (χ4n) is 1.62. The molecule has 13 heavy (non-hydrogen) atoms. The average molecular weight is 174 g/mol. The minimum atomic E-state index is 0.455. The molecule has 2 heterocycles. The minimum Gasteiger partial charge on any atom is -0.376 e. The standard InChI is InChI=1S/C10H10N2O/c11-3-1-8-5-12-6-9-7-13-4-2-10(8)9/h5-6H,1-2,4,7H2.